The fourth-order valence-corrected chi connectivity index (χ4v) is 7.24. The average Bonchev–Trinajstić information content (AvgIpc) is 3.70. The molecular weight excluding hydrogens is 502 g/mol. The van der Waals surface area contributed by atoms with Crippen LogP contribution in [-0.2, 0) is 17.7 Å². The van der Waals surface area contributed by atoms with Crippen LogP contribution in [-0.4, -0.2) is 69.4 Å². The number of benzene rings is 1. The van der Waals surface area contributed by atoms with Gasteiger partial charge in [-0.3, -0.25) is 10.00 Å². The molecule has 2 fully saturated rings. The molecule has 0 saturated carbocycles. The molecule has 0 aliphatic carbocycles. The number of aromatic amines is 1. The average molecular weight is 532 g/mol. The van der Waals surface area contributed by atoms with E-state index in [1.807, 2.05) is 35.2 Å². The summed E-state index contributed by atoms with van der Waals surface area (Å²) in [7, 11) is 0. The van der Waals surface area contributed by atoms with Gasteiger partial charge >= 0.3 is 0 Å². The number of H-pyrrole nitrogens is 1. The van der Waals surface area contributed by atoms with Crippen LogP contribution in [0.15, 0.2) is 41.4 Å². The Bertz CT molecular complexity index is 1500. The van der Waals surface area contributed by atoms with Gasteiger partial charge in [0.15, 0.2) is 11.6 Å². The van der Waals surface area contributed by atoms with Gasteiger partial charge in [0.25, 0.3) is 0 Å². The third-order valence-corrected chi connectivity index (χ3v) is 9.25. The van der Waals surface area contributed by atoms with Gasteiger partial charge in [-0.25, -0.2) is 15.0 Å². The number of anilines is 1. The van der Waals surface area contributed by atoms with Crippen molar-refractivity contribution in [2.45, 2.75) is 25.8 Å². The van der Waals surface area contributed by atoms with Crippen LogP contribution in [0.3, 0.4) is 0 Å². The molecule has 0 spiro atoms. The Labute approximate surface area is 223 Å². The van der Waals surface area contributed by atoms with E-state index in [0.717, 1.165) is 91.9 Å². The molecule has 4 aromatic heterocycles. The molecule has 6 heterocycles. The van der Waals surface area contributed by atoms with E-state index >= 15 is 0 Å². The summed E-state index contributed by atoms with van der Waals surface area (Å²) in [5.41, 5.74) is 6.24. The lowest BCUT2D eigenvalue weighted by molar-refractivity contribution is 0.122. The Morgan fingerprint density at radius 2 is 1.97 bits per heavy atom. The third-order valence-electron chi connectivity index (χ3n) is 7.51. The van der Waals surface area contributed by atoms with Crippen LogP contribution in [0.4, 0.5) is 5.82 Å². The lowest BCUT2D eigenvalue weighted by Gasteiger charge is -2.31. The van der Waals surface area contributed by atoms with Gasteiger partial charge < -0.3 is 9.64 Å². The topological polar surface area (TPSA) is 83.1 Å². The molecule has 2 aliphatic heterocycles. The second kappa shape index (κ2) is 10.1. The van der Waals surface area contributed by atoms with Gasteiger partial charge in [0.1, 0.15) is 0 Å². The highest BCUT2D eigenvalue weighted by molar-refractivity contribution is 7.19. The van der Waals surface area contributed by atoms with E-state index in [1.54, 1.807) is 11.3 Å². The van der Waals surface area contributed by atoms with E-state index in [4.69, 9.17) is 14.7 Å². The van der Waals surface area contributed by atoms with E-state index < -0.39 is 0 Å². The van der Waals surface area contributed by atoms with Crippen LogP contribution >= 0.6 is 22.7 Å². The molecule has 0 unspecified atom stereocenters. The predicted molar refractivity (Wildman–Crippen MR) is 149 cm³/mol. The molecule has 37 heavy (non-hydrogen) atoms. The van der Waals surface area contributed by atoms with Crippen molar-refractivity contribution in [2.75, 3.05) is 44.3 Å². The zero-order valence-electron chi connectivity index (χ0n) is 20.6. The highest BCUT2D eigenvalue weighted by Gasteiger charge is 2.24. The third kappa shape index (κ3) is 4.74. The maximum atomic E-state index is 5.64. The van der Waals surface area contributed by atoms with Crippen LogP contribution in [0, 0.1) is 5.92 Å². The number of morpholine rings is 1. The van der Waals surface area contributed by atoms with E-state index in [0.29, 0.717) is 0 Å². The highest BCUT2D eigenvalue weighted by atomic mass is 32.1. The van der Waals surface area contributed by atoms with Gasteiger partial charge in [0.05, 0.1) is 46.3 Å². The minimum Gasteiger partial charge on any atom is -0.378 e. The molecule has 5 aromatic rings. The Morgan fingerprint density at radius 1 is 1.08 bits per heavy atom. The molecule has 2 saturated heterocycles. The zero-order valence-corrected chi connectivity index (χ0v) is 22.2. The number of ether oxygens (including phenoxy) is 1. The first-order chi connectivity index (χ1) is 18.3. The van der Waals surface area contributed by atoms with Gasteiger partial charge in [-0.15, -0.1) is 22.7 Å². The molecule has 190 valence electrons. The summed E-state index contributed by atoms with van der Waals surface area (Å²) in [5.74, 6) is 2.53. The zero-order chi connectivity index (χ0) is 24.6. The minimum absolute atomic E-state index is 0.728. The standard InChI is InChI=1S/C27H29N7OS2/c1-2-21(22-14-29-32-23(22)3-1)26-30-24-13-20(37-25(24)27(31-26)34-8-10-35-11-9-34)15-33-6-4-18(5-7-33)12-19-16-36-17-28-19/h1-3,13-14,16-18H,4-12,15H2,(H,29,32). The monoisotopic (exact) mass is 531 g/mol. The largest absolute Gasteiger partial charge is 0.378 e. The van der Waals surface area contributed by atoms with Crippen molar-refractivity contribution in [3.05, 3.63) is 51.9 Å². The highest BCUT2D eigenvalue weighted by Crippen LogP contribution is 2.36. The predicted octanol–water partition coefficient (Wildman–Crippen LogP) is 4.98. The summed E-state index contributed by atoms with van der Waals surface area (Å²) in [5, 5.41) is 10.6. The molecule has 0 radical (unpaired) electrons. The van der Waals surface area contributed by atoms with Crippen LogP contribution in [0.25, 0.3) is 32.5 Å². The Balaban J connectivity index is 1.17. The van der Waals surface area contributed by atoms with Gasteiger partial charge in [-0.1, -0.05) is 12.1 Å². The first kappa shape index (κ1) is 23.2. The Morgan fingerprint density at radius 3 is 2.81 bits per heavy atom. The lowest BCUT2D eigenvalue weighted by atomic mass is 9.92. The number of rotatable bonds is 6. The van der Waals surface area contributed by atoms with Crippen LogP contribution in [0.1, 0.15) is 23.4 Å². The van der Waals surface area contributed by atoms with Gasteiger partial charge in [-0.05, 0) is 50.4 Å². The van der Waals surface area contributed by atoms with Crippen molar-refractivity contribution in [1.29, 1.82) is 0 Å². The number of aromatic nitrogens is 5. The Hall–Kier alpha value is -2.92. The molecule has 1 aromatic carbocycles. The Kier molecular flexibility index (Phi) is 6.33. The normalized spacial score (nSPS) is 17.8. The van der Waals surface area contributed by atoms with Crippen LogP contribution < -0.4 is 4.90 Å². The van der Waals surface area contributed by atoms with E-state index in [2.05, 4.69) is 42.5 Å². The molecule has 1 N–H and O–H groups in total. The van der Waals surface area contributed by atoms with Gasteiger partial charge in [0, 0.05) is 40.8 Å². The second-order valence-corrected chi connectivity index (χ2v) is 11.8. The fraction of sp³-hybridized carbons (Fsp3) is 0.407. The number of nitrogens with one attached hydrogen (secondary N) is 1. The van der Waals surface area contributed by atoms with Crippen LogP contribution in [0.5, 0.6) is 0 Å². The van der Waals surface area contributed by atoms with E-state index in [-0.39, 0.29) is 0 Å². The fourth-order valence-electron chi connectivity index (χ4n) is 5.52. The summed E-state index contributed by atoms with van der Waals surface area (Å²) < 4.78 is 6.82. The summed E-state index contributed by atoms with van der Waals surface area (Å²) in [6.07, 6.45) is 5.45. The van der Waals surface area contributed by atoms with E-state index in [1.165, 1.54) is 28.1 Å². The minimum atomic E-state index is 0.728. The van der Waals surface area contributed by atoms with Gasteiger partial charge in [0.2, 0.25) is 0 Å². The smallest absolute Gasteiger partial charge is 0.162 e. The summed E-state index contributed by atoms with van der Waals surface area (Å²) in [6, 6.07) is 8.45. The number of hydrogen-bond donors (Lipinski definition) is 1. The van der Waals surface area contributed by atoms with Gasteiger partial charge in [-0.2, -0.15) is 5.10 Å². The number of likely N-dealkylation sites (tertiary alicyclic amines) is 1. The number of fused-ring (bicyclic) bond motifs is 2. The molecule has 0 bridgehead atoms. The van der Waals surface area contributed by atoms with Crippen molar-refractivity contribution in [3.8, 4) is 11.4 Å². The number of nitrogens with zero attached hydrogens (tertiary/aromatic N) is 6. The molecule has 7 rings (SSSR count). The molecule has 0 atom stereocenters. The first-order valence-electron chi connectivity index (χ1n) is 13.0. The quantitative estimate of drug-likeness (QED) is 0.331. The molecule has 8 nitrogen and oxygen atoms in total. The molecular formula is C27H29N7OS2. The van der Waals surface area contributed by atoms with Crippen LogP contribution in [0.2, 0.25) is 0 Å². The van der Waals surface area contributed by atoms with Crippen molar-refractivity contribution >= 4 is 49.6 Å². The maximum Gasteiger partial charge on any atom is 0.162 e. The van der Waals surface area contributed by atoms with Crippen molar-refractivity contribution < 1.29 is 4.74 Å². The molecule has 0 amide bonds. The molecule has 10 heteroatoms. The summed E-state index contributed by atoms with van der Waals surface area (Å²) in [6.45, 7) is 6.40. The first-order valence-corrected chi connectivity index (χ1v) is 14.7. The van der Waals surface area contributed by atoms with Crippen molar-refractivity contribution in [3.63, 3.8) is 0 Å². The number of thiazole rings is 1. The summed E-state index contributed by atoms with van der Waals surface area (Å²) in [4.78, 5) is 21.0. The second-order valence-electron chi connectivity index (χ2n) is 9.94. The van der Waals surface area contributed by atoms with Crippen molar-refractivity contribution in [2.24, 2.45) is 5.92 Å². The summed E-state index contributed by atoms with van der Waals surface area (Å²) >= 11 is 3.55. The number of hydrogen-bond acceptors (Lipinski definition) is 9. The lowest BCUT2D eigenvalue weighted by Crippen LogP contribution is -2.36. The number of piperidine rings is 1. The maximum absolute atomic E-state index is 5.64. The molecule has 2 aliphatic rings. The van der Waals surface area contributed by atoms with E-state index in [9.17, 15) is 0 Å². The number of thiophene rings is 1. The SMILES string of the molecule is c1cc(-c2nc(N3CCOCC3)c3sc(CN4CCC(Cc5cscn5)CC4)cc3n2)c2cn[nH]c2c1. The van der Waals surface area contributed by atoms with Crippen molar-refractivity contribution in [1.82, 2.24) is 30.0 Å².